The minimum atomic E-state index is -0.382. The Balaban J connectivity index is 1.52. The summed E-state index contributed by atoms with van der Waals surface area (Å²) in [7, 11) is 3.13. The standard InChI is InChI=1S/C20H18N4O5/c1-26-13-4-6-16(27-2)15(10-13)24-20-21-8-7-14(23-20)19(25)22-12-3-5-17-18(9-12)29-11-28-17/h3-10H,11H2,1-2H3,(H,22,25)(H,21,23,24). The molecule has 0 unspecified atom stereocenters. The first-order valence-electron chi connectivity index (χ1n) is 8.69. The Morgan fingerprint density at radius 3 is 2.72 bits per heavy atom. The van der Waals surface area contributed by atoms with Crippen molar-refractivity contribution in [2.45, 2.75) is 0 Å². The molecule has 0 bridgehead atoms. The van der Waals surface area contributed by atoms with Crippen LogP contribution in [0, 0.1) is 0 Å². The van der Waals surface area contributed by atoms with E-state index in [0.717, 1.165) is 0 Å². The van der Waals surface area contributed by atoms with Gasteiger partial charge in [0, 0.05) is 24.0 Å². The SMILES string of the molecule is COc1ccc(OC)c(Nc2nccc(C(=O)Nc3ccc4c(c3)OCO4)n2)c1. The van der Waals surface area contributed by atoms with Gasteiger partial charge in [0.05, 0.1) is 19.9 Å². The van der Waals surface area contributed by atoms with Crippen LogP contribution in [0.1, 0.15) is 10.5 Å². The van der Waals surface area contributed by atoms with Crippen molar-refractivity contribution in [2.24, 2.45) is 0 Å². The summed E-state index contributed by atoms with van der Waals surface area (Å²) in [6.07, 6.45) is 1.50. The summed E-state index contributed by atoms with van der Waals surface area (Å²) >= 11 is 0. The molecule has 4 rings (SSSR count). The van der Waals surface area contributed by atoms with E-state index in [2.05, 4.69) is 20.6 Å². The molecule has 148 valence electrons. The molecule has 9 heteroatoms. The molecule has 2 N–H and O–H groups in total. The number of ether oxygens (including phenoxy) is 4. The number of nitrogens with zero attached hydrogens (tertiary/aromatic N) is 2. The first kappa shape index (κ1) is 18.4. The average Bonchev–Trinajstić information content (AvgIpc) is 3.21. The Labute approximate surface area is 166 Å². The van der Waals surface area contributed by atoms with Gasteiger partial charge < -0.3 is 29.6 Å². The lowest BCUT2D eigenvalue weighted by atomic mass is 10.2. The third-order valence-electron chi connectivity index (χ3n) is 4.17. The van der Waals surface area contributed by atoms with Gasteiger partial charge in [-0.2, -0.15) is 0 Å². The molecule has 2 aromatic carbocycles. The van der Waals surface area contributed by atoms with Crippen molar-refractivity contribution in [2.75, 3.05) is 31.6 Å². The van der Waals surface area contributed by atoms with E-state index in [1.165, 1.54) is 12.3 Å². The molecule has 0 spiro atoms. The van der Waals surface area contributed by atoms with Crippen LogP contribution in [0.2, 0.25) is 0 Å². The van der Waals surface area contributed by atoms with Crippen molar-refractivity contribution < 1.29 is 23.7 Å². The van der Waals surface area contributed by atoms with E-state index in [1.807, 2.05) is 0 Å². The zero-order valence-electron chi connectivity index (χ0n) is 15.8. The molecule has 3 aromatic rings. The molecule has 1 aliphatic heterocycles. The Morgan fingerprint density at radius 1 is 1.03 bits per heavy atom. The molecule has 0 aliphatic carbocycles. The molecule has 1 amide bonds. The van der Waals surface area contributed by atoms with Gasteiger partial charge in [-0.15, -0.1) is 0 Å². The number of hydrogen-bond donors (Lipinski definition) is 2. The van der Waals surface area contributed by atoms with E-state index in [0.29, 0.717) is 34.4 Å². The molecule has 2 heterocycles. The Bertz CT molecular complexity index is 1060. The zero-order chi connectivity index (χ0) is 20.2. The predicted octanol–water partition coefficient (Wildman–Crippen LogP) is 3.22. The smallest absolute Gasteiger partial charge is 0.274 e. The van der Waals surface area contributed by atoms with E-state index in [-0.39, 0.29) is 24.3 Å². The number of carbonyl (C=O) groups excluding carboxylic acids is 1. The maximum absolute atomic E-state index is 12.6. The second-order valence-corrected chi connectivity index (χ2v) is 5.98. The van der Waals surface area contributed by atoms with Crippen LogP contribution in [0.15, 0.2) is 48.7 Å². The summed E-state index contributed by atoms with van der Waals surface area (Å²) in [5, 5.41) is 5.83. The Kier molecular flexibility index (Phi) is 5.02. The summed E-state index contributed by atoms with van der Waals surface area (Å²) < 4.78 is 21.2. The molecular weight excluding hydrogens is 376 g/mol. The molecule has 1 aromatic heterocycles. The first-order valence-corrected chi connectivity index (χ1v) is 8.69. The largest absolute Gasteiger partial charge is 0.497 e. The van der Waals surface area contributed by atoms with E-state index in [1.54, 1.807) is 50.6 Å². The van der Waals surface area contributed by atoms with Crippen molar-refractivity contribution in [3.8, 4) is 23.0 Å². The van der Waals surface area contributed by atoms with E-state index in [4.69, 9.17) is 18.9 Å². The van der Waals surface area contributed by atoms with Crippen molar-refractivity contribution >= 4 is 23.2 Å². The molecular formula is C20H18N4O5. The number of amides is 1. The molecule has 1 aliphatic rings. The zero-order valence-corrected chi connectivity index (χ0v) is 15.8. The number of anilines is 3. The maximum atomic E-state index is 12.6. The number of methoxy groups -OCH3 is 2. The lowest BCUT2D eigenvalue weighted by molar-refractivity contribution is 0.102. The Morgan fingerprint density at radius 2 is 1.90 bits per heavy atom. The van der Waals surface area contributed by atoms with Gasteiger partial charge in [0.1, 0.15) is 17.2 Å². The quantitative estimate of drug-likeness (QED) is 0.657. The average molecular weight is 394 g/mol. The highest BCUT2D eigenvalue weighted by Gasteiger charge is 2.16. The second-order valence-electron chi connectivity index (χ2n) is 5.98. The third-order valence-corrected chi connectivity index (χ3v) is 4.17. The van der Waals surface area contributed by atoms with Crippen LogP contribution in [-0.4, -0.2) is 36.9 Å². The van der Waals surface area contributed by atoms with E-state index >= 15 is 0 Å². The maximum Gasteiger partial charge on any atom is 0.274 e. The summed E-state index contributed by atoms with van der Waals surface area (Å²) in [5.74, 6) is 2.32. The highest BCUT2D eigenvalue weighted by atomic mass is 16.7. The van der Waals surface area contributed by atoms with Gasteiger partial charge in [-0.05, 0) is 30.3 Å². The molecule has 0 saturated heterocycles. The molecule has 0 saturated carbocycles. The first-order chi connectivity index (χ1) is 14.2. The number of rotatable bonds is 6. The number of nitrogens with one attached hydrogen (secondary N) is 2. The summed E-state index contributed by atoms with van der Waals surface area (Å²) in [5.41, 5.74) is 1.38. The summed E-state index contributed by atoms with van der Waals surface area (Å²) in [4.78, 5) is 21.0. The molecule has 9 nitrogen and oxygen atoms in total. The van der Waals surface area contributed by atoms with Gasteiger partial charge >= 0.3 is 0 Å². The number of carbonyl (C=O) groups is 1. The highest BCUT2D eigenvalue weighted by Crippen LogP contribution is 2.34. The van der Waals surface area contributed by atoms with Crippen LogP contribution in [0.3, 0.4) is 0 Å². The fourth-order valence-electron chi connectivity index (χ4n) is 2.75. The third kappa shape index (κ3) is 3.98. The van der Waals surface area contributed by atoms with Gasteiger partial charge in [-0.25, -0.2) is 9.97 Å². The fraction of sp³-hybridized carbons (Fsp3) is 0.150. The summed E-state index contributed by atoms with van der Waals surface area (Å²) in [6.45, 7) is 0.168. The lowest BCUT2D eigenvalue weighted by Gasteiger charge is -2.12. The lowest BCUT2D eigenvalue weighted by Crippen LogP contribution is -2.14. The van der Waals surface area contributed by atoms with Crippen LogP contribution in [0.25, 0.3) is 0 Å². The van der Waals surface area contributed by atoms with Crippen LogP contribution in [-0.2, 0) is 0 Å². The van der Waals surface area contributed by atoms with Crippen molar-refractivity contribution in [3.05, 3.63) is 54.4 Å². The van der Waals surface area contributed by atoms with Gasteiger partial charge in [0.2, 0.25) is 12.7 Å². The number of hydrogen-bond acceptors (Lipinski definition) is 8. The molecule has 0 radical (unpaired) electrons. The van der Waals surface area contributed by atoms with Crippen molar-refractivity contribution in [1.82, 2.24) is 9.97 Å². The molecule has 0 fully saturated rings. The molecule has 0 atom stereocenters. The Hall–Kier alpha value is -4.01. The topological polar surface area (TPSA) is 104 Å². The van der Waals surface area contributed by atoms with Crippen molar-refractivity contribution in [3.63, 3.8) is 0 Å². The van der Waals surface area contributed by atoms with Crippen molar-refractivity contribution in [1.29, 1.82) is 0 Å². The minimum absolute atomic E-state index is 0.168. The normalized spacial score (nSPS) is 11.7. The number of benzene rings is 2. The predicted molar refractivity (Wildman–Crippen MR) is 105 cm³/mol. The van der Waals surface area contributed by atoms with Crippen LogP contribution in [0.5, 0.6) is 23.0 Å². The number of fused-ring (bicyclic) bond motifs is 1. The monoisotopic (exact) mass is 394 g/mol. The van der Waals surface area contributed by atoms with Gasteiger partial charge in [0.25, 0.3) is 5.91 Å². The summed E-state index contributed by atoms with van der Waals surface area (Å²) in [6, 6.07) is 12.0. The minimum Gasteiger partial charge on any atom is -0.497 e. The van der Waals surface area contributed by atoms with E-state index < -0.39 is 0 Å². The van der Waals surface area contributed by atoms with Crippen LogP contribution in [0.4, 0.5) is 17.3 Å². The highest BCUT2D eigenvalue weighted by molar-refractivity contribution is 6.03. The van der Waals surface area contributed by atoms with Crippen LogP contribution >= 0.6 is 0 Å². The van der Waals surface area contributed by atoms with Gasteiger partial charge in [-0.3, -0.25) is 4.79 Å². The molecule has 29 heavy (non-hydrogen) atoms. The van der Waals surface area contributed by atoms with Gasteiger partial charge in [0.15, 0.2) is 11.5 Å². The van der Waals surface area contributed by atoms with Gasteiger partial charge in [-0.1, -0.05) is 0 Å². The van der Waals surface area contributed by atoms with E-state index in [9.17, 15) is 4.79 Å². The van der Waals surface area contributed by atoms with Crippen LogP contribution < -0.4 is 29.6 Å². The second kappa shape index (κ2) is 7.93. The fourth-order valence-corrected chi connectivity index (χ4v) is 2.75. The number of aromatic nitrogens is 2.